The van der Waals surface area contributed by atoms with Crippen LogP contribution in [0.4, 0.5) is 4.79 Å². The minimum Gasteiger partial charge on any atom is -0.479 e. The summed E-state index contributed by atoms with van der Waals surface area (Å²) in [6.07, 6.45) is 2.76. The maximum Gasteiger partial charge on any atom is 0.416 e. The first-order chi connectivity index (χ1) is 13.6. The van der Waals surface area contributed by atoms with Crippen LogP contribution in [0, 0.1) is 0 Å². The Kier molecular flexibility index (Phi) is 4.29. The first-order valence-electron chi connectivity index (χ1n) is 8.29. The van der Waals surface area contributed by atoms with Crippen LogP contribution >= 0.6 is 0 Å². The zero-order chi connectivity index (χ0) is 19.7. The fourth-order valence-electron chi connectivity index (χ4n) is 3.07. The third-order valence-electron chi connectivity index (χ3n) is 4.36. The van der Waals surface area contributed by atoms with E-state index in [1.165, 1.54) is 13.2 Å². The first kappa shape index (κ1) is 17.3. The number of carboxylic acid groups (broad SMARTS) is 1. The number of carbonyl (C=O) groups excluding carboxylic acids is 1. The summed E-state index contributed by atoms with van der Waals surface area (Å²) in [6, 6.07) is 11.9. The van der Waals surface area contributed by atoms with Crippen LogP contribution in [0.15, 0.2) is 54.9 Å². The van der Waals surface area contributed by atoms with Crippen molar-refractivity contribution >= 4 is 23.3 Å². The largest absolute Gasteiger partial charge is 0.479 e. The standard InChI is InChI=1S/C20H14N4O4/c1-28-19-15(10-16(22-23-19)13-4-6-21-7-5-13)18-9-14-3-2-12(11-25)8-17(14)24(18)20(26)27/h2-11H,1H3,(H,26,27). The van der Waals surface area contributed by atoms with Gasteiger partial charge in [0.05, 0.1) is 29.6 Å². The summed E-state index contributed by atoms with van der Waals surface area (Å²) in [5.74, 6) is 0.193. The third-order valence-corrected chi connectivity index (χ3v) is 4.36. The van der Waals surface area contributed by atoms with Crippen molar-refractivity contribution in [2.24, 2.45) is 0 Å². The number of nitrogens with zero attached hydrogens (tertiary/aromatic N) is 4. The van der Waals surface area contributed by atoms with Crippen molar-refractivity contribution in [3.8, 4) is 28.4 Å². The molecule has 3 heterocycles. The van der Waals surface area contributed by atoms with Crippen LogP contribution in [0.3, 0.4) is 0 Å². The number of carbonyl (C=O) groups is 2. The minimum atomic E-state index is -1.18. The SMILES string of the molecule is COc1nnc(-c2ccncc2)cc1-c1cc2ccc(C=O)cc2n1C(=O)O. The van der Waals surface area contributed by atoms with E-state index in [0.29, 0.717) is 39.7 Å². The Labute approximate surface area is 159 Å². The van der Waals surface area contributed by atoms with Gasteiger partial charge in [-0.2, -0.15) is 0 Å². The highest BCUT2D eigenvalue weighted by molar-refractivity contribution is 5.98. The monoisotopic (exact) mass is 374 g/mol. The molecule has 0 aliphatic heterocycles. The summed E-state index contributed by atoms with van der Waals surface area (Å²) in [5.41, 5.74) is 2.96. The number of fused-ring (bicyclic) bond motifs is 1. The molecule has 0 fully saturated rings. The van der Waals surface area contributed by atoms with E-state index >= 15 is 0 Å². The zero-order valence-electron chi connectivity index (χ0n) is 14.7. The molecule has 8 nitrogen and oxygen atoms in total. The molecule has 0 amide bonds. The molecule has 1 aromatic carbocycles. The van der Waals surface area contributed by atoms with Gasteiger partial charge < -0.3 is 9.84 Å². The number of methoxy groups -OCH3 is 1. The molecule has 0 unspecified atom stereocenters. The summed E-state index contributed by atoms with van der Waals surface area (Å²) in [4.78, 5) is 27.1. The second kappa shape index (κ2) is 6.92. The topological polar surface area (TPSA) is 107 Å². The number of hydrogen-bond acceptors (Lipinski definition) is 6. The fraction of sp³-hybridized carbons (Fsp3) is 0.0500. The molecule has 4 aromatic rings. The van der Waals surface area contributed by atoms with E-state index in [0.717, 1.165) is 10.1 Å². The molecule has 3 aromatic heterocycles. The zero-order valence-corrected chi connectivity index (χ0v) is 14.7. The fourth-order valence-corrected chi connectivity index (χ4v) is 3.07. The molecule has 0 spiro atoms. The highest BCUT2D eigenvalue weighted by atomic mass is 16.5. The molecule has 0 aliphatic carbocycles. The Balaban J connectivity index is 2.00. The third kappa shape index (κ3) is 2.86. The van der Waals surface area contributed by atoms with Gasteiger partial charge in [0.1, 0.15) is 6.29 Å². The lowest BCUT2D eigenvalue weighted by molar-refractivity contribution is 0.112. The van der Waals surface area contributed by atoms with Crippen molar-refractivity contribution in [2.75, 3.05) is 7.11 Å². The number of pyridine rings is 1. The predicted molar refractivity (Wildman–Crippen MR) is 102 cm³/mol. The number of rotatable bonds is 4. The molecule has 0 aliphatic rings. The Morgan fingerprint density at radius 3 is 2.57 bits per heavy atom. The summed E-state index contributed by atoms with van der Waals surface area (Å²) in [6.45, 7) is 0. The second-order valence-corrected chi connectivity index (χ2v) is 5.97. The molecule has 4 rings (SSSR count). The Bertz CT molecular complexity index is 1200. The second-order valence-electron chi connectivity index (χ2n) is 5.97. The molecule has 1 N–H and O–H groups in total. The van der Waals surface area contributed by atoms with Crippen LogP contribution in [0.5, 0.6) is 5.88 Å². The van der Waals surface area contributed by atoms with E-state index in [9.17, 15) is 14.7 Å². The van der Waals surface area contributed by atoms with Crippen molar-refractivity contribution in [3.05, 3.63) is 60.4 Å². The van der Waals surface area contributed by atoms with Crippen LogP contribution in [-0.4, -0.2) is 44.3 Å². The van der Waals surface area contributed by atoms with Crippen molar-refractivity contribution in [1.29, 1.82) is 0 Å². The van der Waals surface area contributed by atoms with Crippen LogP contribution in [-0.2, 0) is 0 Å². The predicted octanol–water partition coefficient (Wildman–Crippen LogP) is 3.51. The smallest absolute Gasteiger partial charge is 0.416 e. The van der Waals surface area contributed by atoms with Gasteiger partial charge in [-0.3, -0.25) is 9.78 Å². The van der Waals surface area contributed by atoms with Crippen molar-refractivity contribution < 1.29 is 19.4 Å². The van der Waals surface area contributed by atoms with E-state index in [1.54, 1.807) is 48.8 Å². The van der Waals surface area contributed by atoms with Gasteiger partial charge in [-0.05, 0) is 30.3 Å². The van der Waals surface area contributed by atoms with Crippen LogP contribution in [0.25, 0.3) is 33.4 Å². The number of aromatic nitrogens is 4. The summed E-state index contributed by atoms with van der Waals surface area (Å²) in [5, 5.41) is 18.7. The first-order valence-corrected chi connectivity index (χ1v) is 8.29. The Hall–Kier alpha value is -4.07. The van der Waals surface area contributed by atoms with E-state index in [2.05, 4.69) is 15.2 Å². The van der Waals surface area contributed by atoms with E-state index in [4.69, 9.17) is 4.74 Å². The average Bonchev–Trinajstić information content (AvgIpc) is 3.12. The summed E-state index contributed by atoms with van der Waals surface area (Å²) in [7, 11) is 1.44. The lowest BCUT2D eigenvalue weighted by Gasteiger charge is -2.10. The van der Waals surface area contributed by atoms with Crippen LogP contribution in [0.1, 0.15) is 10.4 Å². The highest BCUT2D eigenvalue weighted by Gasteiger charge is 2.21. The van der Waals surface area contributed by atoms with Crippen molar-refractivity contribution in [3.63, 3.8) is 0 Å². The molecular weight excluding hydrogens is 360 g/mol. The maximum atomic E-state index is 12.0. The highest BCUT2D eigenvalue weighted by Crippen LogP contribution is 2.35. The lowest BCUT2D eigenvalue weighted by Crippen LogP contribution is -2.10. The van der Waals surface area contributed by atoms with Gasteiger partial charge in [0, 0.05) is 28.9 Å². The molecule has 0 radical (unpaired) electrons. The molecular formula is C20H14N4O4. The van der Waals surface area contributed by atoms with Gasteiger partial charge in [0.2, 0.25) is 5.88 Å². The number of benzene rings is 1. The average molecular weight is 374 g/mol. The summed E-state index contributed by atoms with van der Waals surface area (Å²) >= 11 is 0. The van der Waals surface area contributed by atoms with Gasteiger partial charge in [0.15, 0.2) is 0 Å². The van der Waals surface area contributed by atoms with Crippen molar-refractivity contribution in [2.45, 2.75) is 0 Å². The Morgan fingerprint density at radius 1 is 1.11 bits per heavy atom. The van der Waals surface area contributed by atoms with Gasteiger partial charge in [-0.15, -0.1) is 10.2 Å². The van der Waals surface area contributed by atoms with Crippen LogP contribution in [0.2, 0.25) is 0 Å². The molecule has 28 heavy (non-hydrogen) atoms. The molecule has 0 saturated heterocycles. The van der Waals surface area contributed by atoms with Gasteiger partial charge >= 0.3 is 6.09 Å². The molecule has 0 bridgehead atoms. The maximum absolute atomic E-state index is 12.0. The number of ether oxygens (including phenoxy) is 1. The Morgan fingerprint density at radius 2 is 1.89 bits per heavy atom. The quantitative estimate of drug-likeness (QED) is 0.545. The minimum absolute atomic E-state index is 0.193. The van der Waals surface area contributed by atoms with E-state index in [1.807, 2.05) is 0 Å². The van der Waals surface area contributed by atoms with Gasteiger partial charge in [-0.25, -0.2) is 9.36 Å². The molecule has 8 heteroatoms. The molecule has 0 atom stereocenters. The van der Waals surface area contributed by atoms with Crippen LogP contribution < -0.4 is 4.74 Å². The number of hydrogen-bond donors (Lipinski definition) is 1. The summed E-state index contributed by atoms with van der Waals surface area (Å²) < 4.78 is 6.43. The van der Waals surface area contributed by atoms with Gasteiger partial charge in [-0.1, -0.05) is 12.1 Å². The van der Waals surface area contributed by atoms with Crippen molar-refractivity contribution in [1.82, 2.24) is 19.7 Å². The van der Waals surface area contributed by atoms with Gasteiger partial charge in [0.25, 0.3) is 0 Å². The molecule has 138 valence electrons. The molecule has 0 saturated carbocycles. The normalized spacial score (nSPS) is 10.8. The van der Waals surface area contributed by atoms with E-state index in [-0.39, 0.29) is 5.88 Å². The van der Waals surface area contributed by atoms with E-state index < -0.39 is 6.09 Å². The lowest BCUT2D eigenvalue weighted by atomic mass is 10.1. The number of aldehydes is 1.